The number of piperidine rings is 1. The minimum atomic E-state index is -3.69. The number of sulfonamides is 1. The number of nitrogens with zero attached hydrogens (tertiary/aromatic N) is 1. The first-order valence-electron chi connectivity index (χ1n) is 8.44. The third kappa shape index (κ3) is 4.39. The van der Waals surface area contributed by atoms with Gasteiger partial charge >= 0.3 is 0 Å². The average Bonchev–Trinajstić information content (AvgIpc) is 2.94. The summed E-state index contributed by atoms with van der Waals surface area (Å²) in [5, 5.41) is 3.22. The van der Waals surface area contributed by atoms with Crippen molar-refractivity contribution in [2.24, 2.45) is 5.92 Å². The Labute approximate surface area is 158 Å². The maximum atomic E-state index is 12.8. The molecular formula is C16H21ClN2O5S2. The Morgan fingerprint density at radius 2 is 1.88 bits per heavy atom. The van der Waals surface area contributed by atoms with Gasteiger partial charge in [0.2, 0.25) is 15.9 Å². The molecule has 0 radical (unpaired) electrons. The Bertz CT molecular complexity index is 884. The van der Waals surface area contributed by atoms with Crippen molar-refractivity contribution in [1.29, 1.82) is 0 Å². The number of halogens is 1. The molecular weight excluding hydrogens is 400 g/mol. The second kappa shape index (κ2) is 7.46. The van der Waals surface area contributed by atoms with Crippen LogP contribution in [-0.2, 0) is 24.7 Å². The summed E-state index contributed by atoms with van der Waals surface area (Å²) in [6, 6.07) is 5.55. The molecule has 2 aliphatic heterocycles. The Kier molecular flexibility index (Phi) is 5.62. The van der Waals surface area contributed by atoms with E-state index in [0.717, 1.165) is 0 Å². The van der Waals surface area contributed by atoms with Gasteiger partial charge in [0.15, 0.2) is 9.84 Å². The second-order valence-corrected chi connectivity index (χ2v) is 11.4. The fraction of sp³-hybridized carbons (Fsp3) is 0.562. The molecule has 2 heterocycles. The number of rotatable bonds is 4. The van der Waals surface area contributed by atoms with Crippen LogP contribution in [-0.4, -0.2) is 57.7 Å². The van der Waals surface area contributed by atoms with Gasteiger partial charge in [-0.3, -0.25) is 4.79 Å². The molecule has 3 rings (SSSR count). The van der Waals surface area contributed by atoms with E-state index in [1.807, 2.05) is 0 Å². The van der Waals surface area contributed by atoms with E-state index in [0.29, 0.717) is 30.8 Å². The van der Waals surface area contributed by atoms with Crippen LogP contribution >= 0.6 is 11.6 Å². The van der Waals surface area contributed by atoms with E-state index in [4.69, 9.17) is 11.6 Å². The SMILES string of the molecule is O=C(N[C@H]1CCS(=O)(=O)C1)[C@@H]1CCCN(S(=O)(=O)c2ccc(Cl)cc2)C1. The molecule has 1 aromatic rings. The lowest BCUT2D eigenvalue weighted by molar-refractivity contribution is -0.126. The summed E-state index contributed by atoms with van der Waals surface area (Å²) < 4.78 is 49.9. The second-order valence-electron chi connectivity index (χ2n) is 6.76. The number of carbonyl (C=O) groups excluding carboxylic acids is 1. The van der Waals surface area contributed by atoms with Crippen molar-refractivity contribution in [1.82, 2.24) is 9.62 Å². The normalized spacial score (nSPS) is 26.5. The van der Waals surface area contributed by atoms with E-state index in [9.17, 15) is 21.6 Å². The molecule has 144 valence electrons. The molecule has 26 heavy (non-hydrogen) atoms. The van der Waals surface area contributed by atoms with Gasteiger partial charge in [-0.15, -0.1) is 0 Å². The van der Waals surface area contributed by atoms with Crippen LogP contribution in [0.2, 0.25) is 5.02 Å². The van der Waals surface area contributed by atoms with Gasteiger partial charge in [0, 0.05) is 24.2 Å². The molecule has 2 aliphatic rings. The standard InChI is InChI=1S/C16H21ClN2O5S2/c17-13-3-5-15(6-4-13)26(23,24)19-8-1-2-12(10-19)16(20)18-14-7-9-25(21,22)11-14/h3-6,12,14H,1-2,7-11H2,(H,18,20)/t12-,14+/m1/s1. The van der Waals surface area contributed by atoms with Gasteiger partial charge in [-0.2, -0.15) is 4.31 Å². The first-order chi connectivity index (χ1) is 12.2. The Morgan fingerprint density at radius 1 is 1.19 bits per heavy atom. The van der Waals surface area contributed by atoms with Crippen LogP contribution < -0.4 is 5.32 Å². The quantitative estimate of drug-likeness (QED) is 0.784. The average molecular weight is 421 g/mol. The number of hydrogen-bond acceptors (Lipinski definition) is 5. The highest BCUT2D eigenvalue weighted by molar-refractivity contribution is 7.91. The van der Waals surface area contributed by atoms with E-state index < -0.39 is 25.8 Å². The van der Waals surface area contributed by atoms with Crippen LogP contribution in [0.25, 0.3) is 0 Å². The predicted octanol–water partition coefficient (Wildman–Crippen LogP) is 1.04. The third-order valence-corrected chi connectivity index (χ3v) is 8.68. The van der Waals surface area contributed by atoms with Crippen molar-refractivity contribution in [3.8, 4) is 0 Å². The zero-order valence-electron chi connectivity index (χ0n) is 14.1. The molecule has 0 bridgehead atoms. The van der Waals surface area contributed by atoms with Crippen molar-refractivity contribution >= 4 is 37.4 Å². The van der Waals surface area contributed by atoms with Gasteiger partial charge in [0.05, 0.1) is 22.3 Å². The highest BCUT2D eigenvalue weighted by Crippen LogP contribution is 2.25. The van der Waals surface area contributed by atoms with Crippen LogP contribution in [0.1, 0.15) is 19.3 Å². The third-order valence-electron chi connectivity index (χ3n) is 4.79. The fourth-order valence-corrected chi connectivity index (χ4v) is 6.68. The van der Waals surface area contributed by atoms with Gasteiger partial charge in [-0.25, -0.2) is 16.8 Å². The number of benzene rings is 1. The smallest absolute Gasteiger partial charge is 0.243 e. The zero-order valence-corrected chi connectivity index (χ0v) is 16.5. The molecule has 0 unspecified atom stereocenters. The van der Waals surface area contributed by atoms with Gasteiger partial charge in [-0.05, 0) is 43.5 Å². The van der Waals surface area contributed by atoms with Crippen LogP contribution in [0.4, 0.5) is 0 Å². The molecule has 0 saturated carbocycles. The lowest BCUT2D eigenvalue weighted by atomic mass is 9.98. The molecule has 2 saturated heterocycles. The summed E-state index contributed by atoms with van der Waals surface area (Å²) in [5.41, 5.74) is 0. The molecule has 1 aromatic carbocycles. The van der Waals surface area contributed by atoms with Crippen molar-refractivity contribution in [3.63, 3.8) is 0 Å². The summed E-state index contributed by atoms with van der Waals surface area (Å²) in [6.07, 6.45) is 1.57. The highest BCUT2D eigenvalue weighted by atomic mass is 35.5. The molecule has 2 atom stereocenters. The van der Waals surface area contributed by atoms with Gasteiger partial charge in [-0.1, -0.05) is 11.6 Å². The van der Waals surface area contributed by atoms with Crippen LogP contribution in [0, 0.1) is 5.92 Å². The van der Waals surface area contributed by atoms with Crippen molar-refractivity contribution < 1.29 is 21.6 Å². The summed E-state index contributed by atoms with van der Waals surface area (Å²) in [4.78, 5) is 12.6. The Hall–Kier alpha value is -1.16. The first kappa shape index (κ1) is 19.6. The van der Waals surface area contributed by atoms with E-state index in [2.05, 4.69) is 5.32 Å². The van der Waals surface area contributed by atoms with Gasteiger partial charge in [0.25, 0.3) is 0 Å². The monoisotopic (exact) mass is 420 g/mol. The van der Waals surface area contributed by atoms with Crippen LogP contribution in [0.5, 0.6) is 0 Å². The maximum Gasteiger partial charge on any atom is 0.243 e. The van der Waals surface area contributed by atoms with Crippen molar-refractivity contribution in [2.75, 3.05) is 24.6 Å². The largest absolute Gasteiger partial charge is 0.352 e. The zero-order chi connectivity index (χ0) is 18.9. The number of carbonyl (C=O) groups is 1. The maximum absolute atomic E-state index is 12.8. The molecule has 1 N–H and O–H groups in total. The van der Waals surface area contributed by atoms with E-state index >= 15 is 0 Å². The highest BCUT2D eigenvalue weighted by Gasteiger charge is 2.35. The Balaban J connectivity index is 1.67. The van der Waals surface area contributed by atoms with Gasteiger partial charge in [0.1, 0.15) is 0 Å². The predicted molar refractivity (Wildman–Crippen MR) is 98.1 cm³/mol. The van der Waals surface area contributed by atoms with Crippen LogP contribution in [0.15, 0.2) is 29.2 Å². The van der Waals surface area contributed by atoms with E-state index in [-0.39, 0.29) is 34.9 Å². The number of amides is 1. The van der Waals surface area contributed by atoms with Crippen molar-refractivity contribution in [2.45, 2.75) is 30.2 Å². The Morgan fingerprint density at radius 3 is 2.50 bits per heavy atom. The number of sulfone groups is 1. The number of nitrogens with one attached hydrogen (secondary N) is 1. The molecule has 7 nitrogen and oxygen atoms in total. The first-order valence-corrected chi connectivity index (χ1v) is 12.1. The molecule has 1 amide bonds. The molecule has 2 fully saturated rings. The molecule has 10 heteroatoms. The minimum absolute atomic E-state index is 0.0434. The van der Waals surface area contributed by atoms with Gasteiger partial charge < -0.3 is 5.32 Å². The lowest BCUT2D eigenvalue weighted by Gasteiger charge is -2.31. The van der Waals surface area contributed by atoms with Crippen LogP contribution in [0.3, 0.4) is 0 Å². The summed E-state index contributed by atoms with van der Waals surface area (Å²) in [5.74, 6) is -0.713. The minimum Gasteiger partial charge on any atom is -0.352 e. The molecule has 0 spiro atoms. The molecule has 0 aromatic heterocycles. The summed E-state index contributed by atoms with van der Waals surface area (Å²) in [7, 11) is -6.77. The fourth-order valence-electron chi connectivity index (χ4n) is 3.36. The van der Waals surface area contributed by atoms with E-state index in [1.165, 1.54) is 28.6 Å². The summed E-state index contributed by atoms with van der Waals surface area (Å²) in [6.45, 7) is 0.447. The van der Waals surface area contributed by atoms with Crippen molar-refractivity contribution in [3.05, 3.63) is 29.3 Å². The summed E-state index contributed by atoms with van der Waals surface area (Å²) >= 11 is 5.81. The lowest BCUT2D eigenvalue weighted by Crippen LogP contribution is -2.47. The topological polar surface area (TPSA) is 101 Å². The number of hydrogen-bond donors (Lipinski definition) is 1. The molecule has 0 aliphatic carbocycles. The van der Waals surface area contributed by atoms with E-state index in [1.54, 1.807) is 0 Å².